The molecule has 4 rings (SSSR count). The van der Waals surface area contributed by atoms with E-state index in [-0.39, 0.29) is 18.1 Å². The number of nitrogens with one attached hydrogen (secondary N) is 1. The van der Waals surface area contributed by atoms with Crippen LogP contribution in [0, 0.1) is 0 Å². The smallest absolute Gasteiger partial charge is 0.272 e. The number of ether oxygens (including phenoxy) is 1. The zero-order valence-corrected chi connectivity index (χ0v) is 15.6. The van der Waals surface area contributed by atoms with Crippen LogP contribution in [0.4, 0.5) is 5.82 Å². The summed E-state index contributed by atoms with van der Waals surface area (Å²) in [5.74, 6) is 1.84. The summed E-state index contributed by atoms with van der Waals surface area (Å²) in [6, 6.07) is 12.8. The molecule has 1 fully saturated rings. The minimum Gasteiger partial charge on any atom is -0.497 e. The quantitative estimate of drug-likeness (QED) is 0.704. The van der Waals surface area contributed by atoms with Gasteiger partial charge in [0.25, 0.3) is 5.91 Å². The molecule has 28 heavy (non-hydrogen) atoms. The molecule has 8 nitrogen and oxygen atoms in total. The van der Waals surface area contributed by atoms with Crippen molar-refractivity contribution in [2.24, 2.45) is 0 Å². The number of anilines is 1. The number of hydrogen-bond donors (Lipinski definition) is 1. The first-order valence-electron chi connectivity index (χ1n) is 9.20. The molecule has 1 amide bonds. The molecule has 3 heterocycles. The average molecular weight is 379 g/mol. The Morgan fingerprint density at radius 1 is 1.14 bits per heavy atom. The van der Waals surface area contributed by atoms with Gasteiger partial charge in [0, 0.05) is 24.7 Å². The van der Waals surface area contributed by atoms with Gasteiger partial charge in [-0.05, 0) is 49.2 Å². The van der Waals surface area contributed by atoms with Gasteiger partial charge < -0.3 is 19.5 Å². The molecule has 8 heteroatoms. The van der Waals surface area contributed by atoms with Crippen molar-refractivity contribution in [2.45, 2.75) is 19.4 Å². The van der Waals surface area contributed by atoms with E-state index in [2.05, 4.69) is 25.6 Å². The molecule has 2 aromatic heterocycles. The second-order valence-electron chi connectivity index (χ2n) is 6.56. The van der Waals surface area contributed by atoms with Gasteiger partial charge in [-0.2, -0.15) is 0 Å². The van der Waals surface area contributed by atoms with Crippen LogP contribution in [0.2, 0.25) is 0 Å². The van der Waals surface area contributed by atoms with E-state index in [4.69, 9.17) is 9.26 Å². The summed E-state index contributed by atoms with van der Waals surface area (Å²) in [4.78, 5) is 14.5. The van der Waals surface area contributed by atoms with Gasteiger partial charge >= 0.3 is 0 Å². The minimum absolute atomic E-state index is 0.220. The monoisotopic (exact) mass is 379 g/mol. The van der Waals surface area contributed by atoms with E-state index >= 15 is 0 Å². The Morgan fingerprint density at radius 3 is 2.61 bits per heavy atom. The Morgan fingerprint density at radius 2 is 1.93 bits per heavy atom. The predicted octanol–water partition coefficient (Wildman–Crippen LogP) is 2.67. The summed E-state index contributed by atoms with van der Waals surface area (Å²) in [6.45, 7) is 2.20. The van der Waals surface area contributed by atoms with Crippen LogP contribution in [-0.4, -0.2) is 41.5 Å². The van der Waals surface area contributed by atoms with Gasteiger partial charge in [-0.25, -0.2) is 0 Å². The number of methoxy groups -OCH3 is 1. The maximum absolute atomic E-state index is 12.3. The number of carbonyl (C=O) groups excluding carboxylic acids is 1. The highest BCUT2D eigenvalue weighted by molar-refractivity contribution is 5.92. The van der Waals surface area contributed by atoms with Gasteiger partial charge in [0.05, 0.1) is 13.7 Å². The number of rotatable bonds is 6. The van der Waals surface area contributed by atoms with Gasteiger partial charge in [0.2, 0.25) is 0 Å². The molecule has 0 unspecified atom stereocenters. The summed E-state index contributed by atoms with van der Waals surface area (Å²) in [5.41, 5.74) is 1.88. The third kappa shape index (κ3) is 3.95. The van der Waals surface area contributed by atoms with Crippen molar-refractivity contribution >= 4 is 11.7 Å². The lowest BCUT2D eigenvalue weighted by atomic mass is 10.1. The molecule has 1 aromatic carbocycles. The van der Waals surface area contributed by atoms with E-state index < -0.39 is 0 Å². The number of nitrogens with zero attached hydrogens (tertiary/aromatic N) is 4. The molecule has 3 aromatic rings. The third-order valence-electron chi connectivity index (χ3n) is 4.68. The zero-order chi connectivity index (χ0) is 19.3. The van der Waals surface area contributed by atoms with Crippen molar-refractivity contribution in [1.29, 1.82) is 0 Å². The topological polar surface area (TPSA) is 93.4 Å². The molecular formula is C20H21N5O3. The first-order chi connectivity index (χ1) is 13.7. The van der Waals surface area contributed by atoms with Crippen LogP contribution in [0.25, 0.3) is 11.3 Å². The van der Waals surface area contributed by atoms with Gasteiger partial charge in [-0.1, -0.05) is 5.16 Å². The minimum atomic E-state index is -0.303. The fraction of sp³-hybridized carbons (Fsp3) is 0.300. The van der Waals surface area contributed by atoms with Crippen molar-refractivity contribution in [1.82, 2.24) is 20.7 Å². The Kier molecular flexibility index (Phi) is 5.18. The molecule has 0 aliphatic carbocycles. The summed E-state index contributed by atoms with van der Waals surface area (Å²) >= 11 is 0. The van der Waals surface area contributed by atoms with Crippen molar-refractivity contribution in [3.05, 3.63) is 53.9 Å². The second kappa shape index (κ2) is 8.08. The van der Waals surface area contributed by atoms with E-state index in [0.717, 1.165) is 30.2 Å². The Labute approximate surface area is 162 Å². The molecule has 0 spiro atoms. The van der Waals surface area contributed by atoms with E-state index in [0.29, 0.717) is 11.5 Å². The van der Waals surface area contributed by atoms with E-state index in [1.807, 2.05) is 30.3 Å². The fourth-order valence-electron chi connectivity index (χ4n) is 3.11. The van der Waals surface area contributed by atoms with Crippen molar-refractivity contribution in [3.63, 3.8) is 0 Å². The molecule has 144 valence electrons. The summed E-state index contributed by atoms with van der Waals surface area (Å²) < 4.78 is 10.5. The molecule has 1 saturated heterocycles. The van der Waals surface area contributed by atoms with Crippen LogP contribution in [0.3, 0.4) is 0 Å². The molecule has 0 saturated carbocycles. The van der Waals surface area contributed by atoms with Crippen LogP contribution < -0.4 is 15.0 Å². The van der Waals surface area contributed by atoms with E-state index in [9.17, 15) is 4.79 Å². The van der Waals surface area contributed by atoms with Gasteiger partial charge in [0.1, 0.15) is 11.4 Å². The Hall–Kier alpha value is -3.42. The highest BCUT2D eigenvalue weighted by Crippen LogP contribution is 2.22. The van der Waals surface area contributed by atoms with Crippen molar-refractivity contribution in [3.8, 4) is 17.0 Å². The molecule has 1 aliphatic rings. The van der Waals surface area contributed by atoms with Gasteiger partial charge in [-0.15, -0.1) is 10.2 Å². The maximum Gasteiger partial charge on any atom is 0.272 e. The summed E-state index contributed by atoms with van der Waals surface area (Å²) in [7, 11) is 1.62. The van der Waals surface area contributed by atoms with Crippen LogP contribution in [0.15, 0.2) is 47.0 Å². The average Bonchev–Trinajstić information content (AvgIpc) is 3.44. The summed E-state index contributed by atoms with van der Waals surface area (Å²) in [6.07, 6.45) is 2.33. The maximum atomic E-state index is 12.3. The number of aromatic nitrogens is 3. The fourth-order valence-corrected chi connectivity index (χ4v) is 3.11. The first-order valence-corrected chi connectivity index (χ1v) is 9.20. The largest absolute Gasteiger partial charge is 0.497 e. The SMILES string of the molecule is COc1ccc(-c2cc(CNC(=O)c3ccc(N4CCCC4)nn3)on2)cc1. The Bertz CT molecular complexity index is 931. The molecule has 0 radical (unpaired) electrons. The van der Waals surface area contributed by atoms with Crippen molar-refractivity contribution in [2.75, 3.05) is 25.1 Å². The number of carbonyl (C=O) groups is 1. The predicted molar refractivity (Wildman–Crippen MR) is 103 cm³/mol. The molecular weight excluding hydrogens is 358 g/mol. The van der Waals surface area contributed by atoms with Crippen LogP contribution in [0.5, 0.6) is 5.75 Å². The van der Waals surface area contributed by atoms with Gasteiger partial charge in [-0.3, -0.25) is 4.79 Å². The number of hydrogen-bond acceptors (Lipinski definition) is 7. The highest BCUT2D eigenvalue weighted by Gasteiger charge is 2.16. The normalized spacial score (nSPS) is 13.5. The second-order valence-corrected chi connectivity index (χ2v) is 6.56. The molecule has 1 N–H and O–H groups in total. The number of amides is 1. The van der Waals surface area contributed by atoms with Crippen LogP contribution in [-0.2, 0) is 6.54 Å². The molecule has 1 aliphatic heterocycles. The third-order valence-corrected chi connectivity index (χ3v) is 4.68. The standard InChI is InChI=1S/C20H21N5O3/c1-27-15-6-4-14(5-7-15)18-12-16(28-24-18)13-21-20(26)17-8-9-19(23-22-17)25-10-2-3-11-25/h4-9,12H,2-3,10-11,13H2,1H3,(H,21,26). The lowest BCUT2D eigenvalue weighted by Crippen LogP contribution is -2.25. The molecule has 0 atom stereocenters. The number of benzene rings is 1. The van der Waals surface area contributed by atoms with Crippen LogP contribution in [0.1, 0.15) is 29.1 Å². The van der Waals surface area contributed by atoms with Gasteiger partial charge in [0.15, 0.2) is 17.3 Å². The lowest BCUT2D eigenvalue weighted by Gasteiger charge is -2.15. The van der Waals surface area contributed by atoms with Crippen LogP contribution >= 0.6 is 0 Å². The first kappa shape index (κ1) is 18.0. The Balaban J connectivity index is 1.35. The molecule has 0 bridgehead atoms. The summed E-state index contributed by atoms with van der Waals surface area (Å²) in [5, 5.41) is 15.0. The highest BCUT2D eigenvalue weighted by atomic mass is 16.5. The lowest BCUT2D eigenvalue weighted by molar-refractivity contribution is 0.0941. The van der Waals surface area contributed by atoms with E-state index in [1.54, 1.807) is 19.2 Å². The van der Waals surface area contributed by atoms with E-state index in [1.165, 1.54) is 12.8 Å². The zero-order valence-electron chi connectivity index (χ0n) is 15.6. The van der Waals surface area contributed by atoms with Crippen molar-refractivity contribution < 1.29 is 14.1 Å².